The molecule has 4 saturated heterocycles. The van der Waals surface area contributed by atoms with Gasteiger partial charge in [0.05, 0.1) is 0 Å². The molecule has 4 aliphatic heterocycles. The molecular formula is C36H71N5. The molecule has 0 spiro atoms. The van der Waals surface area contributed by atoms with Crippen LogP contribution in [0.4, 0.5) is 0 Å². The van der Waals surface area contributed by atoms with Gasteiger partial charge in [0.1, 0.15) is 0 Å². The third-order valence-corrected chi connectivity index (χ3v) is 12.3. The zero-order valence-corrected chi connectivity index (χ0v) is 28.5. The molecule has 0 bridgehead atoms. The first-order valence-electron chi connectivity index (χ1n) is 18.4. The lowest BCUT2D eigenvalue weighted by atomic mass is 9.82. The zero-order valence-electron chi connectivity index (χ0n) is 28.5. The van der Waals surface area contributed by atoms with E-state index in [4.69, 9.17) is 0 Å². The van der Waals surface area contributed by atoms with E-state index >= 15 is 0 Å². The van der Waals surface area contributed by atoms with Crippen LogP contribution >= 0.6 is 0 Å². The largest absolute Gasteiger partial charge is 0.303 e. The normalized spacial score (nSPS) is 26.3. The Morgan fingerprint density at radius 2 is 0.829 bits per heavy atom. The van der Waals surface area contributed by atoms with Crippen molar-refractivity contribution >= 4 is 0 Å². The Labute approximate surface area is 256 Å². The summed E-state index contributed by atoms with van der Waals surface area (Å²) in [5.41, 5.74) is 0. The minimum Gasteiger partial charge on any atom is -0.303 e. The van der Waals surface area contributed by atoms with Gasteiger partial charge in [0.2, 0.25) is 0 Å². The smallest absolute Gasteiger partial charge is 0.0113 e. The summed E-state index contributed by atoms with van der Waals surface area (Å²) in [7, 11) is 0. The molecule has 2 atom stereocenters. The van der Waals surface area contributed by atoms with Crippen LogP contribution in [-0.2, 0) is 0 Å². The first kappa shape index (κ1) is 33.7. The summed E-state index contributed by atoms with van der Waals surface area (Å²) in [5, 5.41) is 0. The molecule has 4 aliphatic rings. The summed E-state index contributed by atoms with van der Waals surface area (Å²) in [6, 6.07) is 0.752. The Kier molecular flexibility index (Phi) is 14.2. The molecule has 2 unspecified atom stereocenters. The maximum Gasteiger partial charge on any atom is 0.0113 e. The average molecular weight is 574 g/mol. The van der Waals surface area contributed by atoms with Crippen LogP contribution in [-0.4, -0.2) is 122 Å². The van der Waals surface area contributed by atoms with E-state index in [1.165, 1.54) is 149 Å². The molecule has 240 valence electrons. The van der Waals surface area contributed by atoms with Crippen LogP contribution in [0.15, 0.2) is 0 Å². The molecule has 4 rings (SSSR count). The first-order chi connectivity index (χ1) is 19.8. The van der Waals surface area contributed by atoms with Gasteiger partial charge in [-0.2, -0.15) is 0 Å². The average Bonchev–Trinajstić information content (AvgIpc) is 2.99. The van der Waals surface area contributed by atoms with Crippen molar-refractivity contribution in [2.24, 2.45) is 35.5 Å². The molecule has 0 aromatic rings. The Bertz CT molecular complexity index is 680. The molecule has 5 heteroatoms. The van der Waals surface area contributed by atoms with Crippen molar-refractivity contribution in [3.8, 4) is 0 Å². The van der Waals surface area contributed by atoms with Crippen molar-refractivity contribution in [3.63, 3.8) is 0 Å². The van der Waals surface area contributed by atoms with E-state index in [2.05, 4.69) is 66.0 Å². The van der Waals surface area contributed by atoms with Crippen LogP contribution in [0.25, 0.3) is 0 Å². The Morgan fingerprint density at radius 1 is 0.439 bits per heavy atom. The maximum atomic E-state index is 2.80. The van der Waals surface area contributed by atoms with Crippen LogP contribution in [0.3, 0.4) is 0 Å². The van der Waals surface area contributed by atoms with Crippen molar-refractivity contribution in [3.05, 3.63) is 0 Å². The van der Waals surface area contributed by atoms with Gasteiger partial charge < -0.3 is 19.6 Å². The predicted molar refractivity (Wildman–Crippen MR) is 178 cm³/mol. The number of nitrogens with zero attached hydrogens (tertiary/aromatic N) is 5. The van der Waals surface area contributed by atoms with Crippen molar-refractivity contribution < 1.29 is 0 Å². The SMILES string of the molecule is CC(C)C1CCN(CCCN2CCN(C(C)CCC(C)C3CCN(CCN4CCC(C(C)C)CC4)CC3)CC2)CC1. The fourth-order valence-corrected chi connectivity index (χ4v) is 8.58. The first-order valence-corrected chi connectivity index (χ1v) is 18.4. The third-order valence-electron chi connectivity index (χ3n) is 12.3. The minimum atomic E-state index is 0.752. The summed E-state index contributed by atoms with van der Waals surface area (Å²) >= 11 is 0. The lowest BCUT2D eigenvalue weighted by molar-refractivity contribution is 0.0846. The van der Waals surface area contributed by atoms with E-state index in [1.54, 1.807) is 0 Å². The molecule has 41 heavy (non-hydrogen) atoms. The van der Waals surface area contributed by atoms with Crippen LogP contribution < -0.4 is 0 Å². The van der Waals surface area contributed by atoms with Gasteiger partial charge in [-0.25, -0.2) is 0 Å². The highest BCUT2D eigenvalue weighted by Crippen LogP contribution is 2.30. The van der Waals surface area contributed by atoms with E-state index in [1.807, 2.05) is 0 Å². The number of piperidine rings is 3. The summed E-state index contributed by atoms with van der Waals surface area (Å²) in [6.07, 6.45) is 12.7. The standard InChI is InChI=1S/C36H71N5/c1-30(2)34-10-18-37(19-11-34)16-7-17-38-26-28-41(29-27-38)33(6)9-8-32(5)36-14-22-40(23-15-36)25-24-39-20-12-35(13-21-39)31(3)4/h30-36H,7-29H2,1-6H3. The van der Waals surface area contributed by atoms with Crippen LogP contribution in [0, 0.1) is 35.5 Å². The van der Waals surface area contributed by atoms with Crippen molar-refractivity contribution in [2.75, 3.05) is 91.6 Å². The topological polar surface area (TPSA) is 16.2 Å². The number of likely N-dealkylation sites (tertiary alicyclic amines) is 3. The van der Waals surface area contributed by atoms with E-state index in [0.29, 0.717) is 0 Å². The molecule has 0 aromatic heterocycles. The number of hydrogen-bond donors (Lipinski definition) is 0. The lowest BCUT2D eigenvalue weighted by Gasteiger charge is -2.40. The maximum absolute atomic E-state index is 2.80. The summed E-state index contributed by atoms with van der Waals surface area (Å²) < 4.78 is 0. The number of hydrogen-bond acceptors (Lipinski definition) is 5. The molecule has 0 aromatic carbocycles. The second kappa shape index (κ2) is 17.3. The Morgan fingerprint density at radius 3 is 1.27 bits per heavy atom. The van der Waals surface area contributed by atoms with Gasteiger partial charge in [0.15, 0.2) is 0 Å². The van der Waals surface area contributed by atoms with Crippen molar-refractivity contribution in [2.45, 2.75) is 105 Å². The van der Waals surface area contributed by atoms with E-state index in [9.17, 15) is 0 Å². The van der Waals surface area contributed by atoms with Gasteiger partial charge >= 0.3 is 0 Å². The predicted octanol–water partition coefficient (Wildman–Crippen LogP) is 6.25. The zero-order chi connectivity index (χ0) is 29.2. The highest BCUT2D eigenvalue weighted by atomic mass is 15.3. The van der Waals surface area contributed by atoms with Gasteiger partial charge in [-0.1, -0.05) is 34.6 Å². The fourth-order valence-electron chi connectivity index (χ4n) is 8.58. The van der Waals surface area contributed by atoms with Crippen LogP contribution in [0.1, 0.15) is 99.3 Å². The molecular weight excluding hydrogens is 502 g/mol. The molecule has 0 radical (unpaired) electrons. The minimum absolute atomic E-state index is 0.752. The summed E-state index contributed by atoms with van der Waals surface area (Å²) in [5.74, 6) is 5.52. The second-order valence-corrected chi connectivity index (χ2v) is 15.7. The van der Waals surface area contributed by atoms with Gasteiger partial charge in [-0.15, -0.1) is 0 Å². The second-order valence-electron chi connectivity index (χ2n) is 15.7. The van der Waals surface area contributed by atoms with Gasteiger partial charge in [0.25, 0.3) is 0 Å². The third kappa shape index (κ3) is 11.0. The van der Waals surface area contributed by atoms with Crippen molar-refractivity contribution in [1.82, 2.24) is 24.5 Å². The van der Waals surface area contributed by atoms with Crippen LogP contribution in [0.5, 0.6) is 0 Å². The number of rotatable bonds is 14. The Hall–Kier alpha value is -0.200. The molecule has 0 aliphatic carbocycles. The summed E-state index contributed by atoms with van der Waals surface area (Å²) in [4.78, 5) is 13.8. The molecule has 0 amide bonds. The molecule has 0 N–H and O–H groups in total. The monoisotopic (exact) mass is 574 g/mol. The molecule has 0 saturated carbocycles. The molecule has 5 nitrogen and oxygen atoms in total. The highest BCUT2D eigenvalue weighted by Gasteiger charge is 2.27. The Balaban J connectivity index is 1.01. The van der Waals surface area contributed by atoms with E-state index in [-0.39, 0.29) is 0 Å². The quantitative estimate of drug-likeness (QED) is 0.244. The summed E-state index contributed by atoms with van der Waals surface area (Å²) in [6.45, 7) is 33.1. The van der Waals surface area contributed by atoms with E-state index < -0.39 is 0 Å². The molecule has 4 fully saturated rings. The number of piperazine rings is 1. The van der Waals surface area contributed by atoms with Gasteiger partial charge in [0, 0.05) is 45.3 Å². The van der Waals surface area contributed by atoms with Gasteiger partial charge in [-0.05, 0) is 153 Å². The molecule has 4 heterocycles. The lowest BCUT2D eigenvalue weighted by Crippen LogP contribution is -2.50. The van der Waals surface area contributed by atoms with E-state index in [0.717, 1.165) is 41.5 Å². The van der Waals surface area contributed by atoms with Gasteiger partial charge in [-0.3, -0.25) is 4.90 Å². The fraction of sp³-hybridized carbons (Fsp3) is 1.00. The van der Waals surface area contributed by atoms with Crippen molar-refractivity contribution in [1.29, 1.82) is 0 Å². The highest BCUT2D eigenvalue weighted by molar-refractivity contribution is 4.82. The van der Waals surface area contributed by atoms with Crippen LogP contribution in [0.2, 0.25) is 0 Å².